The molecule has 0 bridgehead atoms. The van der Waals surface area contributed by atoms with Gasteiger partial charge in [0.1, 0.15) is 5.84 Å². The fourth-order valence-corrected chi connectivity index (χ4v) is 1.57. The van der Waals surface area contributed by atoms with E-state index in [0.717, 1.165) is 29.5 Å². The van der Waals surface area contributed by atoms with Gasteiger partial charge in [0, 0.05) is 24.2 Å². The fourth-order valence-electron chi connectivity index (χ4n) is 1.44. The van der Waals surface area contributed by atoms with Crippen molar-refractivity contribution in [3.05, 3.63) is 34.9 Å². The van der Waals surface area contributed by atoms with Gasteiger partial charge in [-0.15, -0.1) is 0 Å². The van der Waals surface area contributed by atoms with Crippen molar-refractivity contribution in [3.63, 3.8) is 0 Å². The molecule has 0 saturated carbocycles. The normalized spacial score (nSPS) is 16.2. The molecule has 1 aliphatic heterocycles. The number of hydrogen-bond donors (Lipinski definition) is 0. The summed E-state index contributed by atoms with van der Waals surface area (Å²) in [7, 11) is 2.06. The van der Waals surface area contributed by atoms with Gasteiger partial charge in [0.25, 0.3) is 0 Å². The molecule has 0 fully saturated rings. The summed E-state index contributed by atoms with van der Waals surface area (Å²) in [5.41, 5.74) is 1.14. The lowest BCUT2D eigenvalue weighted by Gasteiger charge is -2.13. The van der Waals surface area contributed by atoms with Crippen LogP contribution in [0.15, 0.2) is 29.3 Å². The molecule has 1 aliphatic rings. The van der Waals surface area contributed by atoms with Crippen LogP contribution >= 0.6 is 11.6 Å². The van der Waals surface area contributed by atoms with Gasteiger partial charge in [0.2, 0.25) is 0 Å². The van der Waals surface area contributed by atoms with Crippen LogP contribution in [0.2, 0.25) is 5.02 Å². The third-order valence-electron chi connectivity index (χ3n) is 2.16. The van der Waals surface area contributed by atoms with Gasteiger partial charge in [0.05, 0.1) is 6.54 Å². The lowest BCUT2D eigenvalue weighted by atomic mass is 10.2. The molecule has 2 nitrogen and oxygen atoms in total. The first-order valence-electron chi connectivity index (χ1n) is 4.29. The number of halogens is 1. The topological polar surface area (TPSA) is 15.6 Å². The van der Waals surface area contributed by atoms with Gasteiger partial charge in [0.15, 0.2) is 0 Å². The van der Waals surface area contributed by atoms with Gasteiger partial charge in [-0.2, -0.15) is 0 Å². The second kappa shape index (κ2) is 3.38. The van der Waals surface area contributed by atoms with Crippen molar-refractivity contribution in [2.75, 3.05) is 20.1 Å². The van der Waals surface area contributed by atoms with Gasteiger partial charge in [-0.05, 0) is 24.3 Å². The number of aliphatic imine (C=N–C) groups is 1. The van der Waals surface area contributed by atoms with E-state index in [4.69, 9.17) is 11.6 Å². The summed E-state index contributed by atoms with van der Waals surface area (Å²) >= 11 is 5.80. The van der Waals surface area contributed by atoms with Gasteiger partial charge < -0.3 is 4.90 Å². The monoisotopic (exact) mass is 194 g/mol. The quantitative estimate of drug-likeness (QED) is 0.668. The van der Waals surface area contributed by atoms with Crippen LogP contribution in [0.3, 0.4) is 0 Å². The first-order chi connectivity index (χ1) is 6.27. The summed E-state index contributed by atoms with van der Waals surface area (Å²) in [6.07, 6.45) is 0. The molecule has 0 N–H and O–H groups in total. The Morgan fingerprint density at radius 2 is 2.00 bits per heavy atom. The maximum Gasteiger partial charge on any atom is 0.130 e. The minimum atomic E-state index is 0.769. The highest BCUT2D eigenvalue weighted by molar-refractivity contribution is 6.30. The Morgan fingerprint density at radius 1 is 1.31 bits per heavy atom. The van der Waals surface area contributed by atoms with Crippen LogP contribution < -0.4 is 0 Å². The molecule has 1 aromatic rings. The van der Waals surface area contributed by atoms with Crippen molar-refractivity contribution in [3.8, 4) is 0 Å². The Kier molecular flexibility index (Phi) is 2.23. The Hall–Kier alpha value is -1.02. The van der Waals surface area contributed by atoms with Gasteiger partial charge in [-0.1, -0.05) is 11.6 Å². The van der Waals surface area contributed by atoms with Crippen molar-refractivity contribution in [2.24, 2.45) is 4.99 Å². The van der Waals surface area contributed by atoms with Crippen LogP contribution in [0.25, 0.3) is 0 Å². The fraction of sp³-hybridized carbons (Fsp3) is 0.300. The van der Waals surface area contributed by atoms with E-state index >= 15 is 0 Å². The molecule has 0 aliphatic carbocycles. The molecular weight excluding hydrogens is 184 g/mol. The molecule has 1 heterocycles. The summed E-state index contributed by atoms with van der Waals surface area (Å²) in [5.74, 6) is 1.07. The van der Waals surface area contributed by atoms with Gasteiger partial charge in [-0.3, -0.25) is 4.99 Å². The third kappa shape index (κ3) is 1.68. The summed E-state index contributed by atoms with van der Waals surface area (Å²) in [4.78, 5) is 6.57. The molecular formula is C10H11ClN2. The molecule has 3 heteroatoms. The van der Waals surface area contributed by atoms with Crippen LogP contribution in [0.5, 0.6) is 0 Å². The Balaban J connectivity index is 2.30. The smallest absolute Gasteiger partial charge is 0.130 e. The average Bonchev–Trinajstić information content (AvgIpc) is 2.53. The summed E-state index contributed by atoms with van der Waals surface area (Å²) in [6, 6.07) is 7.79. The van der Waals surface area contributed by atoms with Crippen molar-refractivity contribution in [1.29, 1.82) is 0 Å². The molecule has 2 rings (SSSR count). The first-order valence-corrected chi connectivity index (χ1v) is 4.67. The second-order valence-corrected chi connectivity index (χ2v) is 3.57. The largest absolute Gasteiger partial charge is 0.358 e. The van der Waals surface area contributed by atoms with E-state index in [1.165, 1.54) is 0 Å². The summed E-state index contributed by atoms with van der Waals surface area (Å²) < 4.78 is 0. The highest BCUT2D eigenvalue weighted by Gasteiger charge is 2.13. The predicted octanol–water partition coefficient (Wildman–Crippen LogP) is 2.03. The average molecular weight is 195 g/mol. The highest BCUT2D eigenvalue weighted by Crippen LogP contribution is 2.13. The van der Waals surface area contributed by atoms with E-state index in [1.807, 2.05) is 24.3 Å². The Morgan fingerprint density at radius 3 is 2.54 bits per heavy atom. The number of hydrogen-bond acceptors (Lipinski definition) is 2. The third-order valence-corrected chi connectivity index (χ3v) is 2.41. The van der Waals surface area contributed by atoms with E-state index < -0.39 is 0 Å². The zero-order valence-corrected chi connectivity index (χ0v) is 8.25. The van der Waals surface area contributed by atoms with Gasteiger partial charge >= 0.3 is 0 Å². The minimum Gasteiger partial charge on any atom is -0.358 e. The Labute approximate surface area is 82.8 Å². The molecule has 0 saturated heterocycles. The number of likely N-dealkylation sites (N-methyl/N-ethyl adjacent to an activating group) is 1. The Bertz CT molecular complexity index is 329. The molecule has 0 atom stereocenters. The van der Waals surface area contributed by atoms with Crippen LogP contribution in [-0.4, -0.2) is 30.9 Å². The summed E-state index contributed by atoms with van der Waals surface area (Å²) in [6.45, 7) is 1.91. The van der Waals surface area contributed by atoms with E-state index in [9.17, 15) is 0 Å². The van der Waals surface area contributed by atoms with Crippen LogP contribution in [0, 0.1) is 0 Å². The molecule has 0 radical (unpaired) electrons. The molecule has 0 unspecified atom stereocenters. The molecule has 0 spiro atoms. The molecule has 0 amide bonds. The summed E-state index contributed by atoms with van der Waals surface area (Å²) in [5, 5.41) is 0.769. The lowest BCUT2D eigenvalue weighted by molar-refractivity contribution is 0.557. The SMILES string of the molecule is CN1CCN=C1c1ccc(Cl)cc1. The van der Waals surface area contributed by atoms with Crippen molar-refractivity contribution < 1.29 is 0 Å². The van der Waals surface area contributed by atoms with E-state index in [1.54, 1.807) is 0 Å². The number of rotatable bonds is 1. The minimum absolute atomic E-state index is 0.769. The van der Waals surface area contributed by atoms with Gasteiger partial charge in [-0.25, -0.2) is 0 Å². The molecule has 68 valence electrons. The van der Waals surface area contributed by atoms with E-state index in [-0.39, 0.29) is 0 Å². The van der Waals surface area contributed by atoms with Crippen molar-refractivity contribution >= 4 is 17.4 Å². The lowest BCUT2D eigenvalue weighted by Crippen LogP contribution is -2.23. The van der Waals surface area contributed by atoms with Crippen LogP contribution in [0.4, 0.5) is 0 Å². The zero-order chi connectivity index (χ0) is 9.26. The number of amidine groups is 1. The van der Waals surface area contributed by atoms with E-state index in [0.29, 0.717) is 0 Å². The van der Waals surface area contributed by atoms with Crippen molar-refractivity contribution in [2.45, 2.75) is 0 Å². The predicted molar refractivity (Wildman–Crippen MR) is 55.5 cm³/mol. The van der Waals surface area contributed by atoms with Crippen LogP contribution in [0.1, 0.15) is 5.56 Å². The molecule has 0 aromatic heterocycles. The van der Waals surface area contributed by atoms with Crippen LogP contribution in [-0.2, 0) is 0 Å². The standard InChI is InChI=1S/C10H11ClN2/c1-13-7-6-12-10(13)8-2-4-9(11)5-3-8/h2-5H,6-7H2,1H3. The maximum atomic E-state index is 5.80. The zero-order valence-electron chi connectivity index (χ0n) is 7.50. The number of nitrogens with zero attached hydrogens (tertiary/aromatic N) is 2. The highest BCUT2D eigenvalue weighted by atomic mass is 35.5. The molecule has 13 heavy (non-hydrogen) atoms. The molecule has 1 aromatic carbocycles. The second-order valence-electron chi connectivity index (χ2n) is 3.13. The first kappa shape index (κ1) is 8.57. The maximum absolute atomic E-state index is 5.80. The number of benzene rings is 1. The van der Waals surface area contributed by atoms with Crippen molar-refractivity contribution in [1.82, 2.24) is 4.90 Å². The van der Waals surface area contributed by atoms with E-state index in [2.05, 4.69) is 16.9 Å².